The fourth-order valence-corrected chi connectivity index (χ4v) is 1.30. The van der Waals surface area contributed by atoms with E-state index in [9.17, 15) is 4.79 Å². The summed E-state index contributed by atoms with van der Waals surface area (Å²) in [7, 11) is 0. The summed E-state index contributed by atoms with van der Waals surface area (Å²) in [5.74, 6) is 0.461. The summed E-state index contributed by atoms with van der Waals surface area (Å²) < 4.78 is 1.74. The van der Waals surface area contributed by atoms with Crippen LogP contribution in [0.25, 0.3) is 0 Å². The topological polar surface area (TPSA) is 59.8 Å². The van der Waals surface area contributed by atoms with Crippen molar-refractivity contribution < 1.29 is 4.79 Å². The number of amides is 1. The van der Waals surface area contributed by atoms with Crippen LogP contribution < -0.4 is 5.32 Å². The van der Waals surface area contributed by atoms with E-state index < -0.39 is 0 Å². The Hall–Kier alpha value is -1.39. The van der Waals surface area contributed by atoms with Gasteiger partial charge in [-0.15, -0.1) is 5.10 Å². The van der Waals surface area contributed by atoms with Crippen LogP contribution in [0, 0.1) is 11.8 Å². The highest BCUT2D eigenvalue weighted by molar-refractivity contribution is 5.78. The first-order valence-corrected chi connectivity index (χ1v) is 5.65. The van der Waals surface area contributed by atoms with Gasteiger partial charge in [0, 0.05) is 12.1 Å². The second kappa shape index (κ2) is 5.63. The predicted octanol–water partition coefficient (Wildman–Crippen LogP) is 1.07. The van der Waals surface area contributed by atoms with E-state index in [1.807, 2.05) is 13.8 Å². The number of carbonyl (C=O) groups is 1. The van der Waals surface area contributed by atoms with E-state index in [-0.39, 0.29) is 17.9 Å². The Bertz CT molecular complexity index is 319. The molecule has 0 bridgehead atoms. The van der Waals surface area contributed by atoms with Gasteiger partial charge in [-0.2, -0.15) is 0 Å². The fourth-order valence-electron chi connectivity index (χ4n) is 1.30. The average molecular weight is 224 g/mol. The minimum Gasteiger partial charge on any atom is -0.351 e. The minimum atomic E-state index is 0.0111. The molecule has 1 heterocycles. The molecule has 0 aromatic carbocycles. The van der Waals surface area contributed by atoms with Gasteiger partial charge >= 0.3 is 0 Å². The number of rotatable bonds is 5. The molecule has 1 rings (SSSR count). The molecule has 1 N–H and O–H groups in total. The first kappa shape index (κ1) is 12.7. The summed E-state index contributed by atoms with van der Waals surface area (Å²) >= 11 is 0. The molecule has 90 valence electrons. The lowest BCUT2D eigenvalue weighted by Gasteiger charge is -2.23. The zero-order valence-electron chi connectivity index (χ0n) is 10.3. The van der Waals surface area contributed by atoms with Crippen molar-refractivity contribution in [1.29, 1.82) is 0 Å². The van der Waals surface area contributed by atoms with Crippen LogP contribution in [-0.4, -0.2) is 26.9 Å². The Morgan fingerprint density at radius 3 is 2.50 bits per heavy atom. The number of carbonyl (C=O) groups excluding carboxylic acids is 1. The van der Waals surface area contributed by atoms with Gasteiger partial charge in [0.25, 0.3) is 0 Å². The summed E-state index contributed by atoms with van der Waals surface area (Å²) in [4.78, 5) is 11.6. The van der Waals surface area contributed by atoms with Gasteiger partial charge in [0.1, 0.15) is 0 Å². The van der Waals surface area contributed by atoms with Crippen molar-refractivity contribution in [3.8, 4) is 0 Å². The zero-order chi connectivity index (χ0) is 12.1. The Morgan fingerprint density at radius 2 is 2.06 bits per heavy atom. The zero-order valence-corrected chi connectivity index (χ0v) is 10.3. The van der Waals surface area contributed by atoms with Gasteiger partial charge in [-0.1, -0.05) is 32.9 Å². The first-order valence-electron chi connectivity index (χ1n) is 5.65. The monoisotopic (exact) mass is 224 g/mol. The Balaban J connectivity index is 2.58. The van der Waals surface area contributed by atoms with Crippen LogP contribution in [-0.2, 0) is 11.3 Å². The lowest BCUT2D eigenvalue weighted by molar-refractivity contribution is -0.125. The molecule has 0 aliphatic heterocycles. The number of nitrogens with zero attached hydrogens (tertiary/aromatic N) is 3. The van der Waals surface area contributed by atoms with Crippen LogP contribution in [0.15, 0.2) is 12.4 Å². The van der Waals surface area contributed by atoms with Crippen LogP contribution >= 0.6 is 0 Å². The van der Waals surface area contributed by atoms with E-state index >= 15 is 0 Å². The summed E-state index contributed by atoms with van der Waals surface area (Å²) in [5, 5.41) is 10.7. The molecular weight excluding hydrogens is 204 g/mol. The van der Waals surface area contributed by atoms with E-state index in [1.165, 1.54) is 0 Å². The number of aromatic nitrogens is 3. The van der Waals surface area contributed by atoms with Crippen molar-refractivity contribution in [1.82, 2.24) is 20.3 Å². The molecule has 5 nitrogen and oxygen atoms in total. The molecule has 0 aliphatic carbocycles. The van der Waals surface area contributed by atoms with E-state index in [0.29, 0.717) is 12.5 Å². The van der Waals surface area contributed by atoms with Crippen molar-refractivity contribution in [3.05, 3.63) is 12.4 Å². The van der Waals surface area contributed by atoms with Crippen molar-refractivity contribution in [2.75, 3.05) is 0 Å². The summed E-state index contributed by atoms with van der Waals surface area (Å²) in [6.45, 7) is 8.62. The highest BCUT2D eigenvalue weighted by Crippen LogP contribution is 2.05. The van der Waals surface area contributed by atoms with E-state index in [4.69, 9.17) is 0 Å². The molecule has 0 saturated heterocycles. The molecule has 0 radical (unpaired) electrons. The Labute approximate surface area is 96.2 Å². The van der Waals surface area contributed by atoms with Gasteiger partial charge in [0.05, 0.1) is 18.8 Å². The molecule has 16 heavy (non-hydrogen) atoms. The van der Waals surface area contributed by atoms with Gasteiger partial charge in [-0.25, -0.2) is 0 Å². The summed E-state index contributed by atoms with van der Waals surface area (Å²) in [6.07, 6.45) is 3.44. The highest BCUT2D eigenvalue weighted by Gasteiger charge is 2.18. The van der Waals surface area contributed by atoms with Crippen LogP contribution in [0.2, 0.25) is 0 Å². The van der Waals surface area contributed by atoms with E-state index in [1.54, 1.807) is 17.1 Å². The quantitative estimate of drug-likeness (QED) is 0.814. The van der Waals surface area contributed by atoms with Crippen molar-refractivity contribution in [3.63, 3.8) is 0 Å². The smallest absolute Gasteiger partial charge is 0.222 e. The molecule has 0 unspecified atom stereocenters. The summed E-state index contributed by atoms with van der Waals surface area (Å²) in [6, 6.07) is 0.0941. The number of nitrogens with one attached hydrogen (secondary N) is 1. The molecule has 0 spiro atoms. The molecule has 0 saturated carbocycles. The van der Waals surface area contributed by atoms with Gasteiger partial charge in [-0.3, -0.25) is 9.48 Å². The Kier molecular flexibility index (Phi) is 4.46. The van der Waals surface area contributed by atoms with Crippen LogP contribution in [0.1, 0.15) is 27.7 Å². The first-order chi connectivity index (χ1) is 7.50. The van der Waals surface area contributed by atoms with Crippen LogP contribution in [0.5, 0.6) is 0 Å². The van der Waals surface area contributed by atoms with Gasteiger partial charge in [0.15, 0.2) is 0 Å². The SMILES string of the molecule is CC(C)C(=O)N[C@H](Cn1ccnn1)C(C)C. The van der Waals surface area contributed by atoms with E-state index in [0.717, 1.165) is 0 Å². The molecule has 1 aromatic heterocycles. The van der Waals surface area contributed by atoms with Crippen LogP contribution in [0.3, 0.4) is 0 Å². The predicted molar refractivity (Wildman–Crippen MR) is 61.6 cm³/mol. The third-order valence-electron chi connectivity index (χ3n) is 2.51. The average Bonchev–Trinajstić information content (AvgIpc) is 2.68. The maximum atomic E-state index is 11.6. The largest absolute Gasteiger partial charge is 0.351 e. The second-order valence-corrected chi connectivity index (χ2v) is 4.64. The van der Waals surface area contributed by atoms with Crippen molar-refractivity contribution in [2.45, 2.75) is 40.3 Å². The highest BCUT2D eigenvalue weighted by atomic mass is 16.1. The molecular formula is C11H20N4O. The maximum Gasteiger partial charge on any atom is 0.222 e. The summed E-state index contributed by atoms with van der Waals surface area (Å²) in [5.41, 5.74) is 0. The number of hydrogen-bond donors (Lipinski definition) is 1. The second-order valence-electron chi connectivity index (χ2n) is 4.64. The van der Waals surface area contributed by atoms with Gasteiger partial charge in [0.2, 0.25) is 5.91 Å². The molecule has 1 atom stereocenters. The van der Waals surface area contributed by atoms with E-state index in [2.05, 4.69) is 29.5 Å². The normalized spacial score (nSPS) is 13.1. The third kappa shape index (κ3) is 3.64. The molecule has 0 fully saturated rings. The fraction of sp³-hybridized carbons (Fsp3) is 0.727. The van der Waals surface area contributed by atoms with Gasteiger partial charge in [-0.05, 0) is 5.92 Å². The lowest BCUT2D eigenvalue weighted by Crippen LogP contribution is -2.43. The lowest BCUT2D eigenvalue weighted by atomic mass is 10.0. The Morgan fingerprint density at radius 1 is 1.38 bits per heavy atom. The maximum absolute atomic E-state index is 11.6. The molecule has 1 amide bonds. The standard InChI is InChI=1S/C11H20N4O/c1-8(2)10(13-11(16)9(3)4)7-15-6-5-12-14-15/h5-6,8-10H,7H2,1-4H3,(H,13,16)/t10-/m1/s1. The number of hydrogen-bond acceptors (Lipinski definition) is 3. The molecule has 0 aliphatic rings. The minimum absolute atomic E-state index is 0.0111. The van der Waals surface area contributed by atoms with Crippen molar-refractivity contribution >= 4 is 5.91 Å². The van der Waals surface area contributed by atoms with Crippen molar-refractivity contribution in [2.24, 2.45) is 11.8 Å². The van der Waals surface area contributed by atoms with Crippen LogP contribution in [0.4, 0.5) is 0 Å². The van der Waals surface area contributed by atoms with Gasteiger partial charge < -0.3 is 5.32 Å². The molecule has 5 heteroatoms. The molecule has 1 aromatic rings. The third-order valence-corrected chi connectivity index (χ3v) is 2.51.